The highest BCUT2D eigenvalue weighted by Gasteiger charge is 2.19. The average molecular weight is 560 g/mol. The molecule has 0 atom stereocenters. The molecule has 0 aliphatic carbocycles. The second kappa shape index (κ2) is 11.0. The van der Waals surface area contributed by atoms with Gasteiger partial charge < -0.3 is 10.4 Å². The summed E-state index contributed by atoms with van der Waals surface area (Å²) in [4.78, 5) is 8.97. The summed E-state index contributed by atoms with van der Waals surface area (Å²) >= 11 is 3.55. The predicted molar refractivity (Wildman–Crippen MR) is 149 cm³/mol. The zero-order valence-corrected chi connectivity index (χ0v) is 21.7. The first kappa shape index (κ1) is 25.4. The van der Waals surface area contributed by atoms with Gasteiger partial charge in [0.1, 0.15) is 50.7 Å². The second-order valence-corrected chi connectivity index (χ2v) is 10.8. The maximum Gasteiger partial charge on any atom is 0.149 e. The largest absolute Gasteiger partial charge is 0.510 e. The smallest absolute Gasteiger partial charge is 0.149 e. The van der Waals surface area contributed by atoms with E-state index in [0.717, 1.165) is 33.3 Å². The number of nitrogens with zero attached hydrogens (tertiary/aromatic N) is 4. The molecule has 5 rings (SSSR count). The number of aliphatic hydroxyl groups is 1. The van der Waals surface area contributed by atoms with Crippen LogP contribution < -0.4 is 5.32 Å². The Morgan fingerprint density at radius 1 is 0.868 bits per heavy atom. The van der Waals surface area contributed by atoms with Crippen LogP contribution in [0.3, 0.4) is 0 Å². The lowest BCUT2D eigenvalue weighted by Crippen LogP contribution is -2.04. The Hall–Kier alpha value is -4.29. The minimum Gasteiger partial charge on any atom is -0.510 e. The molecule has 0 spiro atoms. The average Bonchev–Trinajstić information content (AvgIpc) is 3.53. The van der Waals surface area contributed by atoms with Crippen LogP contribution in [0.4, 0.5) is 14.5 Å². The van der Waals surface area contributed by atoms with E-state index in [1.807, 2.05) is 54.6 Å². The van der Waals surface area contributed by atoms with Gasteiger partial charge >= 0.3 is 0 Å². The number of hydrogen-bond acceptors (Lipinski definition) is 9. The van der Waals surface area contributed by atoms with Crippen LogP contribution in [-0.4, -0.2) is 20.8 Å². The van der Waals surface area contributed by atoms with E-state index in [1.54, 1.807) is 0 Å². The van der Waals surface area contributed by atoms with E-state index in [4.69, 9.17) is 0 Å². The maximum atomic E-state index is 14.5. The third kappa shape index (κ3) is 5.22. The van der Waals surface area contributed by atoms with Gasteiger partial charge in [0.15, 0.2) is 0 Å². The number of benzene rings is 3. The van der Waals surface area contributed by atoms with Gasteiger partial charge in [0.05, 0.1) is 36.9 Å². The van der Waals surface area contributed by atoms with E-state index < -0.39 is 11.6 Å². The topological polar surface area (TPSA) is 106 Å². The summed E-state index contributed by atoms with van der Waals surface area (Å²) in [5, 5.41) is 34.5. The second-order valence-electron chi connectivity index (χ2n) is 7.76. The van der Waals surface area contributed by atoms with Gasteiger partial charge in [-0.15, -0.1) is 22.7 Å². The molecule has 5 aromatic rings. The minimum atomic E-state index is -0.850. The molecule has 0 bridgehead atoms. The van der Waals surface area contributed by atoms with Gasteiger partial charge in [0.2, 0.25) is 0 Å². The summed E-state index contributed by atoms with van der Waals surface area (Å²) in [6.45, 7) is 0. The quantitative estimate of drug-likeness (QED) is 0.155. The van der Waals surface area contributed by atoms with Gasteiger partial charge in [-0.1, -0.05) is 36.0 Å². The van der Waals surface area contributed by atoms with E-state index in [0.29, 0.717) is 21.0 Å². The molecule has 2 N–H and O–H groups in total. The van der Waals surface area contributed by atoms with Crippen molar-refractivity contribution in [3.8, 4) is 12.1 Å². The monoisotopic (exact) mass is 559 g/mol. The first-order valence-corrected chi connectivity index (χ1v) is 13.6. The van der Waals surface area contributed by atoms with Gasteiger partial charge in [-0.05, 0) is 36.4 Å². The van der Waals surface area contributed by atoms with E-state index in [2.05, 4.69) is 21.4 Å². The standard InChI is InChI=1S/C27H15F2N5OS3/c28-15-9-10-19(18(29)11-15)32-25(17(13-31)27-34-21-6-2-4-8-24(21)38-27)36-14-22(35)16(12-30)26-33-20-5-1-3-7-23(20)37-26/h1-11,32,35H,14H2. The summed E-state index contributed by atoms with van der Waals surface area (Å²) in [5.41, 5.74) is 1.47. The number of nitrogens with one attached hydrogen (secondary N) is 1. The van der Waals surface area contributed by atoms with Crippen LogP contribution in [0.15, 0.2) is 77.5 Å². The number of hydrogen-bond donors (Lipinski definition) is 2. The first-order valence-electron chi connectivity index (χ1n) is 11.0. The molecule has 2 heterocycles. The predicted octanol–water partition coefficient (Wildman–Crippen LogP) is 7.71. The van der Waals surface area contributed by atoms with Crippen LogP contribution in [0, 0.1) is 34.3 Å². The number of nitriles is 2. The molecule has 0 fully saturated rings. The Morgan fingerprint density at radius 3 is 2.00 bits per heavy atom. The van der Waals surface area contributed by atoms with Crippen molar-refractivity contribution >= 4 is 71.7 Å². The van der Waals surface area contributed by atoms with Crippen molar-refractivity contribution in [2.75, 3.05) is 11.1 Å². The Labute approximate surface area is 227 Å². The normalized spacial score (nSPS) is 12.5. The highest BCUT2D eigenvalue weighted by Crippen LogP contribution is 2.35. The molecule has 2 aromatic heterocycles. The molecule has 0 radical (unpaired) electrons. The van der Waals surface area contributed by atoms with E-state index in [-0.39, 0.29) is 33.4 Å². The molecule has 0 amide bonds. The third-order valence-electron chi connectivity index (χ3n) is 5.29. The number of aliphatic hydroxyl groups excluding tert-OH is 1. The Morgan fingerprint density at radius 2 is 1.45 bits per heavy atom. The fourth-order valence-corrected chi connectivity index (χ4v) is 6.39. The van der Waals surface area contributed by atoms with Crippen LogP contribution in [-0.2, 0) is 0 Å². The molecule has 0 saturated heterocycles. The van der Waals surface area contributed by atoms with Gasteiger partial charge in [-0.25, -0.2) is 18.7 Å². The van der Waals surface area contributed by atoms with Crippen LogP contribution in [0.5, 0.6) is 0 Å². The number of fused-ring (bicyclic) bond motifs is 2. The lowest BCUT2D eigenvalue weighted by Gasteiger charge is -2.13. The van der Waals surface area contributed by atoms with E-state index in [1.165, 1.54) is 28.7 Å². The summed E-state index contributed by atoms with van der Waals surface area (Å²) in [7, 11) is 0. The number of thioether (sulfide) groups is 1. The molecule has 0 saturated carbocycles. The fourth-order valence-electron chi connectivity index (χ4n) is 3.49. The van der Waals surface area contributed by atoms with E-state index >= 15 is 0 Å². The number of aromatic nitrogens is 2. The molecular weight excluding hydrogens is 545 g/mol. The van der Waals surface area contributed by atoms with Gasteiger partial charge in [-0.2, -0.15) is 10.5 Å². The molecule has 3 aromatic carbocycles. The lowest BCUT2D eigenvalue weighted by atomic mass is 10.2. The van der Waals surface area contributed by atoms with Crippen molar-refractivity contribution in [1.29, 1.82) is 10.5 Å². The molecule has 0 unspecified atom stereocenters. The van der Waals surface area contributed by atoms with Crippen LogP contribution in [0.25, 0.3) is 31.6 Å². The number of anilines is 1. The number of allylic oxidation sites excluding steroid dienone is 2. The number of para-hydroxylation sites is 2. The van der Waals surface area contributed by atoms with Crippen LogP contribution >= 0.6 is 34.4 Å². The summed E-state index contributed by atoms with van der Waals surface area (Å²) < 4.78 is 29.7. The molecule has 0 aliphatic rings. The van der Waals surface area contributed by atoms with Crippen molar-refractivity contribution in [3.63, 3.8) is 0 Å². The highest BCUT2D eigenvalue weighted by atomic mass is 32.2. The van der Waals surface area contributed by atoms with Crippen molar-refractivity contribution in [2.24, 2.45) is 0 Å². The van der Waals surface area contributed by atoms with Crippen molar-refractivity contribution in [1.82, 2.24) is 9.97 Å². The Bertz CT molecular complexity index is 1760. The fraction of sp³-hybridized carbons (Fsp3) is 0.0370. The molecule has 11 heteroatoms. The van der Waals surface area contributed by atoms with Gasteiger partial charge in [0, 0.05) is 6.07 Å². The van der Waals surface area contributed by atoms with Crippen molar-refractivity contribution in [2.45, 2.75) is 0 Å². The summed E-state index contributed by atoms with van der Waals surface area (Å²) in [6, 6.07) is 21.9. The number of halogens is 2. The van der Waals surface area contributed by atoms with Crippen molar-refractivity contribution < 1.29 is 13.9 Å². The van der Waals surface area contributed by atoms with E-state index in [9.17, 15) is 24.4 Å². The number of rotatable bonds is 7. The molecular formula is C27H15F2N5OS3. The van der Waals surface area contributed by atoms with Crippen LogP contribution in [0.2, 0.25) is 0 Å². The lowest BCUT2D eigenvalue weighted by molar-refractivity contribution is 0.421. The maximum absolute atomic E-state index is 14.5. The summed E-state index contributed by atoms with van der Waals surface area (Å²) in [6.07, 6.45) is 0. The molecule has 6 nitrogen and oxygen atoms in total. The molecule has 186 valence electrons. The van der Waals surface area contributed by atoms with Crippen LogP contribution in [0.1, 0.15) is 10.0 Å². The van der Waals surface area contributed by atoms with Gasteiger partial charge in [-0.3, -0.25) is 0 Å². The Kier molecular flexibility index (Phi) is 7.33. The SMILES string of the molecule is N#CC(=C(O)CSC(Nc1ccc(F)cc1F)=C(C#N)c1nc2ccccc2s1)c1nc2ccccc2s1. The zero-order valence-electron chi connectivity index (χ0n) is 19.3. The third-order valence-corrected chi connectivity index (χ3v) is 8.41. The highest BCUT2D eigenvalue weighted by molar-refractivity contribution is 8.03. The minimum absolute atomic E-state index is 0.00417. The summed E-state index contributed by atoms with van der Waals surface area (Å²) in [5.74, 6) is -1.97. The first-order chi connectivity index (χ1) is 18.5. The Balaban J connectivity index is 1.54. The molecule has 0 aliphatic heterocycles. The van der Waals surface area contributed by atoms with Gasteiger partial charge in [0.25, 0.3) is 0 Å². The number of thiazole rings is 2. The zero-order chi connectivity index (χ0) is 26.6. The van der Waals surface area contributed by atoms with Crippen molar-refractivity contribution in [3.05, 3.63) is 99.2 Å². The molecule has 38 heavy (non-hydrogen) atoms.